The minimum Gasteiger partial charge on any atom is -0.462 e. The maximum atomic E-state index is 11.8. The van der Waals surface area contributed by atoms with Crippen molar-refractivity contribution in [3.05, 3.63) is 34.3 Å². The fourth-order valence-electron chi connectivity index (χ4n) is 2.16. The number of amides is 1. The lowest BCUT2D eigenvalue weighted by atomic mass is 10.1. The number of likely N-dealkylation sites (tertiary alicyclic amines) is 1. The fraction of sp³-hybridized carbons (Fsp3) is 0.429. The highest BCUT2D eigenvalue weighted by atomic mass is 79.9. The third kappa shape index (κ3) is 3.56. The number of rotatable bonds is 4. The molecule has 4 nitrogen and oxygen atoms in total. The molecule has 1 heterocycles. The van der Waals surface area contributed by atoms with Gasteiger partial charge in [0.15, 0.2) is 0 Å². The van der Waals surface area contributed by atoms with Crippen molar-refractivity contribution in [2.75, 3.05) is 19.7 Å². The summed E-state index contributed by atoms with van der Waals surface area (Å²) in [7, 11) is 0. The van der Waals surface area contributed by atoms with Gasteiger partial charge in [-0.25, -0.2) is 4.79 Å². The van der Waals surface area contributed by atoms with Gasteiger partial charge >= 0.3 is 5.97 Å². The fourth-order valence-corrected chi connectivity index (χ4v) is 2.56. The first-order valence-electron chi connectivity index (χ1n) is 6.30. The number of esters is 1. The van der Waals surface area contributed by atoms with Crippen molar-refractivity contribution in [1.82, 2.24) is 4.90 Å². The maximum Gasteiger partial charge on any atom is 0.338 e. The van der Waals surface area contributed by atoms with Crippen LogP contribution in [0.1, 0.15) is 23.7 Å². The van der Waals surface area contributed by atoms with Crippen LogP contribution in [0.3, 0.4) is 0 Å². The third-order valence-electron chi connectivity index (χ3n) is 3.19. The highest BCUT2D eigenvalue weighted by molar-refractivity contribution is 9.10. The molecule has 0 saturated carbocycles. The Morgan fingerprint density at radius 1 is 1.53 bits per heavy atom. The largest absolute Gasteiger partial charge is 0.462 e. The quantitative estimate of drug-likeness (QED) is 0.799. The molecule has 102 valence electrons. The smallest absolute Gasteiger partial charge is 0.338 e. The van der Waals surface area contributed by atoms with Crippen LogP contribution in [-0.2, 0) is 9.53 Å². The predicted molar refractivity (Wildman–Crippen MR) is 74.8 cm³/mol. The van der Waals surface area contributed by atoms with E-state index < -0.39 is 0 Å². The van der Waals surface area contributed by atoms with Crippen LogP contribution >= 0.6 is 15.9 Å². The molecule has 2 rings (SSSR count). The zero-order valence-electron chi connectivity index (χ0n) is 10.8. The lowest BCUT2D eigenvalue weighted by Gasteiger charge is -2.13. The summed E-state index contributed by atoms with van der Waals surface area (Å²) >= 11 is 3.31. The Labute approximate surface area is 120 Å². The Bertz CT molecular complexity index is 489. The van der Waals surface area contributed by atoms with Gasteiger partial charge in [-0.15, -0.1) is 0 Å². The number of carbonyl (C=O) groups excluding carboxylic acids is 2. The van der Waals surface area contributed by atoms with Crippen molar-refractivity contribution in [3.63, 3.8) is 0 Å². The lowest BCUT2D eigenvalue weighted by molar-refractivity contribution is -0.127. The average molecular weight is 326 g/mol. The van der Waals surface area contributed by atoms with E-state index in [1.807, 2.05) is 13.0 Å². The molecule has 1 atom stereocenters. The summed E-state index contributed by atoms with van der Waals surface area (Å²) in [6.07, 6.45) is 0.472. The Kier molecular flexibility index (Phi) is 4.58. The summed E-state index contributed by atoms with van der Waals surface area (Å²) in [6, 6.07) is 7.08. The highest BCUT2D eigenvalue weighted by Gasteiger charge is 2.29. The number of benzene rings is 1. The molecular weight excluding hydrogens is 310 g/mol. The Hall–Kier alpha value is -1.36. The number of hydrogen-bond donors (Lipinski definition) is 0. The van der Waals surface area contributed by atoms with Crippen molar-refractivity contribution in [2.24, 2.45) is 5.92 Å². The molecule has 1 aromatic carbocycles. The van der Waals surface area contributed by atoms with Crippen LogP contribution in [0.2, 0.25) is 0 Å². The molecule has 1 aromatic rings. The average Bonchev–Trinajstić information content (AvgIpc) is 2.76. The second-order valence-electron chi connectivity index (χ2n) is 4.61. The van der Waals surface area contributed by atoms with Crippen LogP contribution in [0.25, 0.3) is 0 Å². The molecule has 19 heavy (non-hydrogen) atoms. The Balaban J connectivity index is 1.86. The van der Waals surface area contributed by atoms with Gasteiger partial charge in [-0.2, -0.15) is 0 Å². The lowest BCUT2D eigenvalue weighted by Crippen LogP contribution is -2.25. The highest BCUT2D eigenvalue weighted by Crippen LogP contribution is 2.18. The van der Waals surface area contributed by atoms with Crippen LogP contribution in [-0.4, -0.2) is 36.5 Å². The van der Waals surface area contributed by atoms with E-state index in [4.69, 9.17) is 4.74 Å². The summed E-state index contributed by atoms with van der Waals surface area (Å²) < 4.78 is 6.11. The summed E-state index contributed by atoms with van der Waals surface area (Å²) in [5.41, 5.74) is 0.519. The van der Waals surface area contributed by atoms with E-state index in [1.54, 1.807) is 23.1 Å². The predicted octanol–water partition coefficient (Wildman–Crippen LogP) is 2.47. The van der Waals surface area contributed by atoms with Crippen molar-refractivity contribution in [2.45, 2.75) is 13.3 Å². The topological polar surface area (TPSA) is 46.6 Å². The second kappa shape index (κ2) is 6.19. The minimum atomic E-state index is -0.344. The van der Waals surface area contributed by atoms with Gasteiger partial charge in [0, 0.05) is 29.9 Å². The summed E-state index contributed by atoms with van der Waals surface area (Å²) in [5, 5.41) is 0. The first kappa shape index (κ1) is 14.1. The SMILES string of the molecule is CCN1C[C@H](COC(=O)c2cccc(Br)c2)CC1=O. The van der Waals surface area contributed by atoms with Gasteiger partial charge in [0.1, 0.15) is 0 Å². The molecule has 5 heteroatoms. The molecule has 1 fully saturated rings. The summed E-state index contributed by atoms with van der Waals surface area (Å²) in [4.78, 5) is 25.2. The van der Waals surface area contributed by atoms with Gasteiger partial charge in [-0.05, 0) is 25.1 Å². The molecule has 1 saturated heterocycles. The molecule has 0 unspecified atom stereocenters. The first-order valence-corrected chi connectivity index (χ1v) is 7.10. The standard InChI is InChI=1S/C14H16BrNO3/c1-2-16-8-10(6-13(16)17)9-19-14(18)11-4-3-5-12(15)7-11/h3-5,7,10H,2,6,8-9H2,1H3/t10-/m1/s1. The van der Waals surface area contributed by atoms with Gasteiger partial charge in [-0.3, -0.25) is 4.79 Å². The van der Waals surface area contributed by atoms with E-state index in [1.165, 1.54) is 0 Å². The number of ether oxygens (including phenoxy) is 1. The molecule has 0 aliphatic carbocycles. The zero-order valence-corrected chi connectivity index (χ0v) is 12.4. The van der Waals surface area contributed by atoms with E-state index in [2.05, 4.69) is 15.9 Å². The van der Waals surface area contributed by atoms with Crippen LogP contribution in [0.4, 0.5) is 0 Å². The van der Waals surface area contributed by atoms with Crippen molar-refractivity contribution >= 4 is 27.8 Å². The molecule has 0 spiro atoms. The van der Waals surface area contributed by atoms with Crippen molar-refractivity contribution in [1.29, 1.82) is 0 Å². The van der Waals surface area contributed by atoms with Gasteiger partial charge in [0.25, 0.3) is 0 Å². The van der Waals surface area contributed by atoms with Crippen LogP contribution in [0.15, 0.2) is 28.7 Å². The van der Waals surface area contributed by atoms with Crippen LogP contribution in [0, 0.1) is 5.92 Å². The van der Waals surface area contributed by atoms with Crippen molar-refractivity contribution in [3.8, 4) is 0 Å². The normalized spacial score (nSPS) is 18.7. The van der Waals surface area contributed by atoms with Gasteiger partial charge in [0.2, 0.25) is 5.91 Å². The molecule has 0 bridgehead atoms. The molecule has 1 aliphatic heterocycles. The number of carbonyl (C=O) groups is 2. The minimum absolute atomic E-state index is 0.114. The van der Waals surface area contributed by atoms with Gasteiger partial charge in [0.05, 0.1) is 12.2 Å². The van der Waals surface area contributed by atoms with Gasteiger partial charge < -0.3 is 9.64 Å². The van der Waals surface area contributed by atoms with E-state index in [-0.39, 0.29) is 17.8 Å². The Morgan fingerprint density at radius 3 is 2.95 bits per heavy atom. The zero-order chi connectivity index (χ0) is 13.8. The van der Waals surface area contributed by atoms with E-state index in [9.17, 15) is 9.59 Å². The van der Waals surface area contributed by atoms with Crippen LogP contribution < -0.4 is 0 Å². The van der Waals surface area contributed by atoms with E-state index >= 15 is 0 Å². The van der Waals surface area contributed by atoms with E-state index in [0.717, 1.165) is 11.0 Å². The molecule has 1 amide bonds. The number of nitrogens with zero attached hydrogens (tertiary/aromatic N) is 1. The molecule has 0 aromatic heterocycles. The second-order valence-corrected chi connectivity index (χ2v) is 5.53. The summed E-state index contributed by atoms with van der Waals surface area (Å²) in [5.74, 6) is -0.0849. The number of halogens is 1. The van der Waals surface area contributed by atoms with Gasteiger partial charge in [-0.1, -0.05) is 22.0 Å². The molecule has 1 aliphatic rings. The van der Waals surface area contributed by atoms with E-state index in [0.29, 0.717) is 25.1 Å². The maximum absolute atomic E-state index is 11.8. The Morgan fingerprint density at radius 2 is 2.32 bits per heavy atom. The molecule has 0 N–H and O–H groups in total. The molecular formula is C14H16BrNO3. The first-order chi connectivity index (χ1) is 9.10. The number of hydrogen-bond acceptors (Lipinski definition) is 3. The van der Waals surface area contributed by atoms with Crippen LogP contribution in [0.5, 0.6) is 0 Å². The third-order valence-corrected chi connectivity index (χ3v) is 3.68. The monoisotopic (exact) mass is 325 g/mol. The van der Waals surface area contributed by atoms with Crippen molar-refractivity contribution < 1.29 is 14.3 Å². The molecule has 0 radical (unpaired) electrons. The summed E-state index contributed by atoms with van der Waals surface area (Å²) in [6.45, 7) is 3.65.